The molecule has 17 heavy (non-hydrogen) atoms. The van der Waals surface area contributed by atoms with Crippen molar-refractivity contribution in [2.45, 2.75) is 0 Å². The van der Waals surface area contributed by atoms with E-state index in [1.165, 1.54) is 12.1 Å². The standard InChI is InChI=1S/C14H9NO2/c15-9-10-1-3-11(4-2-10)12-5-7-13(8-6-12)14(16)17/h1-8H,(H,16,17)/p-1. The van der Waals surface area contributed by atoms with Gasteiger partial charge in [-0.3, -0.25) is 0 Å². The number of hydrogen-bond donors (Lipinski definition) is 0. The second kappa shape index (κ2) is 4.50. The minimum absolute atomic E-state index is 0.155. The summed E-state index contributed by atoms with van der Waals surface area (Å²) in [6.45, 7) is 0. The number of nitrogens with zero attached hydrogens (tertiary/aromatic N) is 1. The number of aromatic carboxylic acids is 1. The molecular formula is C14H8NO2-. The second-order valence-corrected chi connectivity index (χ2v) is 3.55. The van der Waals surface area contributed by atoms with E-state index in [0.29, 0.717) is 5.56 Å². The summed E-state index contributed by atoms with van der Waals surface area (Å²) in [5, 5.41) is 19.3. The fourth-order valence-corrected chi connectivity index (χ4v) is 1.54. The van der Waals surface area contributed by atoms with Crippen LogP contribution in [0.15, 0.2) is 48.5 Å². The van der Waals surface area contributed by atoms with Crippen molar-refractivity contribution in [1.29, 1.82) is 5.26 Å². The van der Waals surface area contributed by atoms with Gasteiger partial charge in [0.05, 0.1) is 17.6 Å². The van der Waals surface area contributed by atoms with E-state index in [1.54, 1.807) is 24.3 Å². The van der Waals surface area contributed by atoms with Gasteiger partial charge in [-0.2, -0.15) is 5.26 Å². The smallest absolute Gasteiger partial charge is 0.0991 e. The zero-order chi connectivity index (χ0) is 12.3. The van der Waals surface area contributed by atoms with Crippen LogP contribution in [-0.4, -0.2) is 5.97 Å². The second-order valence-electron chi connectivity index (χ2n) is 3.55. The van der Waals surface area contributed by atoms with Gasteiger partial charge in [0.1, 0.15) is 0 Å². The number of carboxylic acids is 1. The van der Waals surface area contributed by atoms with Crippen LogP contribution in [0.5, 0.6) is 0 Å². The van der Waals surface area contributed by atoms with Gasteiger partial charge in [0.25, 0.3) is 0 Å². The van der Waals surface area contributed by atoms with Crippen LogP contribution in [-0.2, 0) is 0 Å². The number of hydrogen-bond acceptors (Lipinski definition) is 3. The third kappa shape index (κ3) is 2.32. The van der Waals surface area contributed by atoms with E-state index in [2.05, 4.69) is 0 Å². The average molecular weight is 222 g/mol. The van der Waals surface area contributed by atoms with Crippen molar-refractivity contribution in [3.05, 3.63) is 59.7 Å². The SMILES string of the molecule is N#Cc1ccc(-c2ccc(C(=O)[O-])cc2)cc1. The Morgan fingerprint density at radius 3 is 1.82 bits per heavy atom. The molecule has 2 rings (SSSR count). The third-order valence-corrected chi connectivity index (χ3v) is 2.47. The van der Waals surface area contributed by atoms with Crippen molar-refractivity contribution in [2.75, 3.05) is 0 Å². The Bertz CT molecular complexity index is 577. The lowest BCUT2D eigenvalue weighted by Crippen LogP contribution is -2.21. The van der Waals surface area contributed by atoms with Gasteiger partial charge in [0.2, 0.25) is 0 Å². The Labute approximate surface area is 98.6 Å². The first kappa shape index (κ1) is 10.9. The molecule has 3 heteroatoms. The van der Waals surface area contributed by atoms with E-state index in [9.17, 15) is 9.90 Å². The molecule has 0 radical (unpaired) electrons. The van der Waals surface area contributed by atoms with Gasteiger partial charge in [0, 0.05) is 0 Å². The van der Waals surface area contributed by atoms with Crippen LogP contribution in [0, 0.1) is 11.3 Å². The Morgan fingerprint density at radius 2 is 1.41 bits per heavy atom. The first-order chi connectivity index (χ1) is 8.20. The highest BCUT2D eigenvalue weighted by molar-refractivity contribution is 5.86. The number of benzene rings is 2. The maximum absolute atomic E-state index is 10.6. The topological polar surface area (TPSA) is 63.9 Å². The van der Waals surface area contributed by atoms with Gasteiger partial charge >= 0.3 is 0 Å². The summed E-state index contributed by atoms with van der Waals surface area (Å²) in [5.41, 5.74) is 2.59. The summed E-state index contributed by atoms with van der Waals surface area (Å²) in [7, 11) is 0. The van der Waals surface area contributed by atoms with Crippen LogP contribution in [0.1, 0.15) is 15.9 Å². The van der Waals surface area contributed by atoms with Crippen molar-refractivity contribution in [3.8, 4) is 17.2 Å². The summed E-state index contributed by atoms with van der Waals surface area (Å²) in [6.07, 6.45) is 0. The molecule has 0 fully saturated rings. The van der Waals surface area contributed by atoms with E-state index >= 15 is 0 Å². The Hall–Kier alpha value is -2.60. The highest BCUT2D eigenvalue weighted by atomic mass is 16.4. The molecule has 0 saturated heterocycles. The molecule has 0 unspecified atom stereocenters. The molecule has 0 N–H and O–H groups in total. The highest BCUT2D eigenvalue weighted by Gasteiger charge is 1.99. The number of carboxylic acid groups (broad SMARTS) is 1. The van der Waals surface area contributed by atoms with Crippen molar-refractivity contribution in [2.24, 2.45) is 0 Å². The van der Waals surface area contributed by atoms with Gasteiger partial charge in [-0.25, -0.2) is 0 Å². The minimum Gasteiger partial charge on any atom is -0.545 e. The minimum atomic E-state index is -1.18. The lowest BCUT2D eigenvalue weighted by atomic mass is 10.0. The molecule has 0 aliphatic heterocycles. The molecule has 0 aliphatic carbocycles. The maximum atomic E-state index is 10.6. The highest BCUT2D eigenvalue weighted by Crippen LogP contribution is 2.20. The first-order valence-corrected chi connectivity index (χ1v) is 5.02. The summed E-state index contributed by atoms with van der Waals surface area (Å²) in [6, 6.07) is 15.6. The molecule has 0 bridgehead atoms. The predicted molar refractivity (Wildman–Crippen MR) is 60.9 cm³/mol. The van der Waals surface area contributed by atoms with Crippen LogP contribution < -0.4 is 5.11 Å². The van der Waals surface area contributed by atoms with E-state index < -0.39 is 5.97 Å². The van der Waals surface area contributed by atoms with E-state index in [0.717, 1.165) is 11.1 Å². The summed E-state index contributed by atoms with van der Waals surface area (Å²) >= 11 is 0. The molecule has 2 aromatic rings. The van der Waals surface area contributed by atoms with Gasteiger partial charge < -0.3 is 9.90 Å². The fraction of sp³-hybridized carbons (Fsp3) is 0. The summed E-state index contributed by atoms with van der Waals surface area (Å²) in [4.78, 5) is 10.6. The van der Waals surface area contributed by atoms with E-state index in [-0.39, 0.29) is 5.56 Å². The van der Waals surface area contributed by atoms with Crippen LogP contribution in [0.3, 0.4) is 0 Å². The Balaban J connectivity index is 2.33. The lowest BCUT2D eigenvalue weighted by Gasteiger charge is -2.05. The molecule has 0 atom stereocenters. The lowest BCUT2D eigenvalue weighted by molar-refractivity contribution is -0.255. The van der Waals surface area contributed by atoms with Gasteiger partial charge in [-0.15, -0.1) is 0 Å². The number of carbonyl (C=O) groups excluding carboxylic acids is 1. The van der Waals surface area contributed by atoms with Crippen LogP contribution >= 0.6 is 0 Å². The van der Waals surface area contributed by atoms with E-state index in [1.807, 2.05) is 18.2 Å². The molecule has 82 valence electrons. The molecule has 0 heterocycles. The fourth-order valence-electron chi connectivity index (χ4n) is 1.54. The molecule has 0 amide bonds. The average Bonchev–Trinajstić information content (AvgIpc) is 2.39. The largest absolute Gasteiger partial charge is 0.545 e. The molecule has 0 spiro atoms. The Kier molecular flexibility index (Phi) is 2.89. The van der Waals surface area contributed by atoms with Crippen LogP contribution in [0.2, 0.25) is 0 Å². The van der Waals surface area contributed by atoms with Gasteiger partial charge in [-0.05, 0) is 28.8 Å². The number of rotatable bonds is 2. The monoisotopic (exact) mass is 222 g/mol. The predicted octanol–water partition coefficient (Wildman–Crippen LogP) is 1.59. The quantitative estimate of drug-likeness (QED) is 0.775. The van der Waals surface area contributed by atoms with Crippen LogP contribution in [0.4, 0.5) is 0 Å². The van der Waals surface area contributed by atoms with Crippen molar-refractivity contribution in [3.63, 3.8) is 0 Å². The Morgan fingerprint density at radius 1 is 0.941 bits per heavy atom. The number of carbonyl (C=O) groups is 1. The molecule has 3 nitrogen and oxygen atoms in total. The van der Waals surface area contributed by atoms with Crippen LogP contribution in [0.25, 0.3) is 11.1 Å². The number of nitriles is 1. The van der Waals surface area contributed by atoms with E-state index in [4.69, 9.17) is 5.26 Å². The summed E-state index contributed by atoms with van der Waals surface area (Å²) in [5.74, 6) is -1.18. The van der Waals surface area contributed by atoms with Crippen molar-refractivity contribution < 1.29 is 9.90 Å². The molecular weight excluding hydrogens is 214 g/mol. The first-order valence-electron chi connectivity index (χ1n) is 5.02. The van der Waals surface area contributed by atoms with Gasteiger partial charge in [-0.1, -0.05) is 36.4 Å². The molecule has 2 aromatic carbocycles. The van der Waals surface area contributed by atoms with Crippen molar-refractivity contribution in [1.82, 2.24) is 0 Å². The third-order valence-electron chi connectivity index (χ3n) is 2.47. The maximum Gasteiger partial charge on any atom is 0.0991 e. The zero-order valence-corrected chi connectivity index (χ0v) is 8.88. The molecule has 0 aliphatic rings. The molecule has 0 aromatic heterocycles. The molecule has 0 saturated carbocycles. The van der Waals surface area contributed by atoms with Crippen molar-refractivity contribution >= 4 is 5.97 Å². The normalized spacial score (nSPS) is 9.59. The summed E-state index contributed by atoms with van der Waals surface area (Å²) < 4.78 is 0. The van der Waals surface area contributed by atoms with Gasteiger partial charge in [0.15, 0.2) is 0 Å². The zero-order valence-electron chi connectivity index (χ0n) is 8.88.